The predicted molar refractivity (Wildman–Crippen MR) is 88.7 cm³/mol. The van der Waals surface area contributed by atoms with Gasteiger partial charge in [-0.05, 0) is 6.92 Å². The number of aliphatic hydroxyl groups excluding tert-OH is 1. The van der Waals surface area contributed by atoms with E-state index < -0.39 is 6.23 Å². The van der Waals surface area contributed by atoms with Crippen molar-refractivity contribution in [2.45, 2.75) is 13.2 Å². The largest absolute Gasteiger partial charge is 0.379 e. The summed E-state index contributed by atoms with van der Waals surface area (Å²) in [4.78, 5) is 9.90. The number of ether oxygens (including phenoxy) is 3. The lowest BCUT2D eigenvalue weighted by molar-refractivity contribution is -0.109. The monoisotopic (exact) mass is 320 g/mol. The highest BCUT2D eigenvalue weighted by Crippen LogP contribution is 1.81. The van der Waals surface area contributed by atoms with Crippen molar-refractivity contribution in [1.82, 2.24) is 10.6 Å². The summed E-state index contributed by atoms with van der Waals surface area (Å²) >= 11 is 0. The molecule has 0 rings (SSSR count). The smallest absolute Gasteiger partial charge is 0.207 e. The van der Waals surface area contributed by atoms with E-state index in [2.05, 4.69) is 36.9 Å². The van der Waals surface area contributed by atoms with Gasteiger partial charge >= 0.3 is 0 Å². The summed E-state index contributed by atoms with van der Waals surface area (Å²) in [5.41, 5.74) is 0. The van der Waals surface area contributed by atoms with Crippen molar-refractivity contribution in [1.29, 1.82) is 0 Å². The molecule has 0 fully saturated rings. The van der Waals surface area contributed by atoms with Crippen LogP contribution in [0.15, 0.2) is 26.3 Å². The first-order valence-corrected chi connectivity index (χ1v) is 7.09. The molecule has 0 bridgehead atoms. The van der Waals surface area contributed by atoms with Gasteiger partial charge in [0, 0.05) is 13.1 Å². The number of carbonyl (C=O) groups is 1. The van der Waals surface area contributed by atoms with Gasteiger partial charge in [0.05, 0.1) is 39.6 Å². The van der Waals surface area contributed by atoms with Crippen LogP contribution in [0, 0.1) is 0 Å². The molecule has 0 aromatic carbocycles. The summed E-state index contributed by atoms with van der Waals surface area (Å²) < 4.78 is 15.7. The van der Waals surface area contributed by atoms with Gasteiger partial charge in [-0.3, -0.25) is 10.1 Å². The van der Waals surface area contributed by atoms with Crippen molar-refractivity contribution in [3.63, 3.8) is 0 Å². The van der Waals surface area contributed by atoms with Gasteiger partial charge in [0.15, 0.2) is 0 Å². The van der Waals surface area contributed by atoms with Crippen LogP contribution in [-0.4, -0.2) is 70.5 Å². The van der Waals surface area contributed by atoms with Gasteiger partial charge < -0.3 is 24.6 Å². The summed E-state index contributed by atoms with van der Waals surface area (Å²) in [6.07, 6.45) is 0.138. The lowest BCUT2D eigenvalue weighted by Gasteiger charge is -2.08. The molecule has 0 aromatic rings. The number of rotatable bonds is 14. The molecule has 0 heterocycles. The third-order valence-electron chi connectivity index (χ3n) is 1.90. The summed E-state index contributed by atoms with van der Waals surface area (Å²) in [6, 6.07) is 0. The molecule has 7 nitrogen and oxygen atoms in total. The summed E-state index contributed by atoms with van der Waals surface area (Å²) in [5, 5.41) is 14.2. The second-order valence-corrected chi connectivity index (χ2v) is 3.54. The Balaban J connectivity index is -0.000000826. The Morgan fingerprint density at radius 1 is 0.909 bits per heavy atom. The zero-order chi connectivity index (χ0) is 17.5. The number of aliphatic hydroxyl groups is 1. The summed E-state index contributed by atoms with van der Waals surface area (Å²) in [7, 11) is 0. The first-order valence-electron chi connectivity index (χ1n) is 7.09. The maximum atomic E-state index is 9.90. The maximum absolute atomic E-state index is 9.90. The number of amides is 1. The minimum Gasteiger partial charge on any atom is -0.379 e. The Morgan fingerprint density at radius 2 is 1.32 bits per heavy atom. The quantitative estimate of drug-likeness (QED) is 0.185. The van der Waals surface area contributed by atoms with Crippen molar-refractivity contribution in [3.8, 4) is 0 Å². The molecular formula is C15H32N2O5. The lowest BCUT2D eigenvalue weighted by atomic mass is 10.6. The molecule has 132 valence electrons. The van der Waals surface area contributed by atoms with E-state index in [1.54, 1.807) is 6.92 Å². The minimum atomic E-state index is -0.504. The lowest BCUT2D eigenvalue weighted by Crippen LogP contribution is -2.29. The number of nitrogens with one attached hydrogen (secondary N) is 2. The van der Waals surface area contributed by atoms with Crippen LogP contribution in [0.5, 0.6) is 0 Å². The molecular weight excluding hydrogens is 288 g/mol. The maximum Gasteiger partial charge on any atom is 0.207 e. The van der Waals surface area contributed by atoms with Crippen molar-refractivity contribution in [2.75, 3.05) is 52.7 Å². The topological polar surface area (TPSA) is 89.1 Å². The Hall–Kier alpha value is -1.25. The Bertz CT molecular complexity index is 204. The number of carbonyl (C=O) groups excluding carboxylic acids is 1. The number of hydrogen-bond acceptors (Lipinski definition) is 6. The standard InChI is InChI=1S/C11H24N2O5.2C2H4/c1-11(15)13-3-5-17-7-9-18-8-6-16-4-2-12-10-14;2*1-2/h10-11,13,15H,2-9H2,1H3,(H,12,14);2*1-2H2. The van der Waals surface area contributed by atoms with Gasteiger partial charge in [-0.25, -0.2) is 0 Å². The molecule has 0 aliphatic carbocycles. The van der Waals surface area contributed by atoms with Gasteiger partial charge in [0.2, 0.25) is 6.41 Å². The Morgan fingerprint density at radius 3 is 1.73 bits per heavy atom. The number of hydrogen-bond donors (Lipinski definition) is 3. The molecule has 1 atom stereocenters. The predicted octanol–water partition coefficient (Wildman–Crippen LogP) is 0.315. The van der Waals surface area contributed by atoms with E-state index in [-0.39, 0.29) is 0 Å². The van der Waals surface area contributed by atoms with E-state index in [0.29, 0.717) is 59.1 Å². The van der Waals surface area contributed by atoms with Crippen molar-refractivity contribution < 1.29 is 24.1 Å². The van der Waals surface area contributed by atoms with Crippen LogP contribution in [0.1, 0.15) is 6.92 Å². The van der Waals surface area contributed by atoms with Crippen LogP contribution in [0.25, 0.3) is 0 Å². The van der Waals surface area contributed by atoms with Crippen LogP contribution in [-0.2, 0) is 19.0 Å². The highest BCUT2D eigenvalue weighted by Gasteiger charge is 1.94. The molecule has 0 radical (unpaired) electrons. The SMILES string of the molecule is C=C.C=C.CC(O)NCCOCCOCCOCCNC=O. The van der Waals surface area contributed by atoms with E-state index >= 15 is 0 Å². The van der Waals surface area contributed by atoms with E-state index in [9.17, 15) is 4.79 Å². The highest BCUT2D eigenvalue weighted by molar-refractivity contribution is 5.45. The van der Waals surface area contributed by atoms with Crippen molar-refractivity contribution in [2.24, 2.45) is 0 Å². The normalized spacial score (nSPS) is 10.5. The van der Waals surface area contributed by atoms with Crippen LogP contribution in [0.2, 0.25) is 0 Å². The average molecular weight is 320 g/mol. The summed E-state index contributed by atoms with van der Waals surface area (Å²) in [6.45, 7) is 17.9. The fourth-order valence-electron chi connectivity index (χ4n) is 1.07. The van der Waals surface area contributed by atoms with Crippen LogP contribution in [0.3, 0.4) is 0 Å². The van der Waals surface area contributed by atoms with E-state index in [1.807, 2.05) is 0 Å². The molecule has 0 aliphatic rings. The second-order valence-electron chi connectivity index (χ2n) is 3.54. The Kier molecular flexibility index (Phi) is 32.7. The molecule has 22 heavy (non-hydrogen) atoms. The minimum absolute atomic E-state index is 0.490. The van der Waals surface area contributed by atoms with E-state index in [4.69, 9.17) is 19.3 Å². The molecule has 1 amide bonds. The van der Waals surface area contributed by atoms with Crippen LogP contribution in [0.4, 0.5) is 0 Å². The first kappa shape index (κ1) is 25.7. The van der Waals surface area contributed by atoms with Gasteiger partial charge in [-0.15, -0.1) is 26.3 Å². The molecule has 0 saturated heterocycles. The van der Waals surface area contributed by atoms with Gasteiger partial charge in [-0.1, -0.05) is 0 Å². The van der Waals surface area contributed by atoms with Gasteiger partial charge in [0.1, 0.15) is 6.23 Å². The molecule has 0 spiro atoms. The van der Waals surface area contributed by atoms with Gasteiger partial charge in [-0.2, -0.15) is 0 Å². The molecule has 1 unspecified atom stereocenters. The molecule has 0 aromatic heterocycles. The molecule has 3 N–H and O–H groups in total. The Labute approximate surface area is 134 Å². The summed E-state index contributed by atoms with van der Waals surface area (Å²) in [5.74, 6) is 0. The fourth-order valence-corrected chi connectivity index (χ4v) is 1.07. The molecule has 0 saturated carbocycles. The van der Waals surface area contributed by atoms with E-state index in [0.717, 1.165) is 0 Å². The third-order valence-corrected chi connectivity index (χ3v) is 1.90. The average Bonchev–Trinajstić information content (AvgIpc) is 2.55. The second kappa shape index (κ2) is 28.0. The molecule has 0 aliphatic heterocycles. The van der Waals surface area contributed by atoms with Crippen LogP contribution < -0.4 is 10.6 Å². The van der Waals surface area contributed by atoms with Crippen molar-refractivity contribution >= 4 is 6.41 Å². The zero-order valence-electron chi connectivity index (χ0n) is 13.7. The van der Waals surface area contributed by atoms with Crippen molar-refractivity contribution in [3.05, 3.63) is 26.3 Å². The van der Waals surface area contributed by atoms with Crippen LogP contribution >= 0.6 is 0 Å². The first-order chi connectivity index (χ1) is 10.8. The van der Waals surface area contributed by atoms with Gasteiger partial charge in [0.25, 0.3) is 0 Å². The zero-order valence-corrected chi connectivity index (χ0v) is 13.7. The van der Waals surface area contributed by atoms with E-state index in [1.165, 1.54) is 0 Å². The molecule has 7 heteroatoms. The fraction of sp³-hybridized carbons (Fsp3) is 0.667. The third kappa shape index (κ3) is 31.2. The highest BCUT2D eigenvalue weighted by atomic mass is 16.5.